The van der Waals surface area contributed by atoms with E-state index < -0.39 is 0 Å². The molecule has 0 aromatic carbocycles. The third-order valence-corrected chi connectivity index (χ3v) is 1.45. The molecule has 0 aliphatic heterocycles. The van der Waals surface area contributed by atoms with E-state index in [1.54, 1.807) is 34.1 Å². The van der Waals surface area contributed by atoms with Gasteiger partial charge < -0.3 is 12.4 Å². The number of hydrogen-bond acceptors (Lipinski definition) is 2. The number of halogens is 2. The van der Waals surface area contributed by atoms with E-state index in [2.05, 4.69) is 25.9 Å². The number of nitrogens with zero attached hydrogens (tertiary/aromatic N) is 2. The predicted molar refractivity (Wildman–Crippen MR) is 35.1 cm³/mol. The molecule has 0 aliphatic rings. The Morgan fingerprint density at radius 2 is 1.78 bits per heavy atom. The second-order valence-corrected chi connectivity index (χ2v) is 2.87. The average molecular weight is 218 g/mol. The molecule has 1 rings (SSSR count). The number of hydrogen-bond donors (Lipinski definition) is 0. The predicted octanol–water partition coefficient (Wildman–Crippen LogP) is -2.96. The Bertz CT molecular complexity index is 157. The zero-order valence-electron chi connectivity index (χ0n) is 4.51. The van der Waals surface area contributed by atoms with Gasteiger partial charge in [0.15, 0.2) is 0 Å². The summed E-state index contributed by atoms with van der Waals surface area (Å²) in [7, 11) is 0. The van der Waals surface area contributed by atoms with Crippen molar-refractivity contribution in [2.24, 2.45) is 0 Å². The molecule has 0 unspecified atom stereocenters. The van der Waals surface area contributed by atoms with Crippen LogP contribution >= 0.6 is 15.9 Å². The Morgan fingerprint density at radius 3 is 2.11 bits per heavy atom. The second-order valence-electron chi connectivity index (χ2n) is 1.32. The van der Waals surface area contributed by atoms with E-state index in [1.807, 2.05) is 0 Å². The molecule has 0 amide bonds. The fourth-order valence-electron chi connectivity index (χ4n) is 0.339. The van der Waals surface area contributed by atoms with Crippen molar-refractivity contribution in [3.63, 3.8) is 0 Å². The summed E-state index contributed by atoms with van der Waals surface area (Å²) in [6.07, 6.45) is 3.46. The Morgan fingerprint density at radius 1 is 1.33 bits per heavy atom. The van der Waals surface area contributed by atoms with Gasteiger partial charge in [0, 0.05) is 0 Å². The van der Waals surface area contributed by atoms with Crippen LogP contribution in [0.4, 0.5) is 0 Å². The van der Waals surface area contributed by atoms with Crippen molar-refractivity contribution < 1.29 is 12.4 Å². The van der Waals surface area contributed by atoms with Gasteiger partial charge in [-0.15, -0.1) is 0 Å². The van der Waals surface area contributed by atoms with Crippen LogP contribution in [0.3, 0.4) is 0 Å². The van der Waals surface area contributed by atoms with Crippen molar-refractivity contribution in [2.75, 3.05) is 0 Å². The van der Waals surface area contributed by atoms with E-state index in [0.29, 0.717) is 0 Å². The van der Waals surface area contributed by atoms with Crippen LogP contribution in [0.5, 0.6) is 0 Å². The normalized spacial score (nSPS) is 8.33. The molecule has 2 nitrogen and oxygen atoms in total. The van der Waals surface area contributed by atoms with E-state index >= 15 is 0 Å². The molecule has 0 spiro atoms. The zero-order valence-corrected chi connectivity index (χ0v) is 8.27. The summed E-state index contributed by atoms with van der Waals surface area (Å²) in [6.45, 7) is 0. The Hall–Kier alpha value is 0.616. The van der Waals surface area contributed by atoms with Gasteiger partial charge in [0.05, 0.1) is 0 Å². The fourth-order valence-corrected chi connectivity index (χ4v) is 0.726. The summed E-state index contributed by atoms with van der Waals surface area (Å²) in [4.78, 5) is 7.87. The molecule has 44 valence electrons. The summed E-state index contributed by atoms with van der Waals surface area (Å²) in [5, 5.41) is 0. The average Bonchev–Trinajstić information content (AvgIpc) is 1.77. The van der Waals surface area contributed by atoms with E-state index in [-0.39, 0.29) is 12.4 Å². The van der Waals surface area contributed by atoms with E-state index in [4.69, 9.17) is 0 Å². The van der Waals surface area contributed by atoms with Gasteiger partial charge >= 0.3 is 68.4 Å². The third kappa shape index (κ3) is 3.35. The molecule has 0 atom stereocenters. The minimum atomic E-state index is 0. The van der Waals surface area contributed by atoms with Gasteiger partial charge in [0.25, 0.3) is 0 Å². The van der Waals surface area contributed by atoms with Crippen LogP contribution in [0.2, 0.25) is 0 Å². The first-order chi connectivity index (χ1) is 3.79. The van der Waals surface area contributed by atoms with Gasteiger partial charge in [-0.1, -0.05) is 0 Å². The molecule has 0 N–H and O–H groups in total. The summed E-state index contributed by atoms with van der Waals surface area (Å²) < 4.78 is 1.75. The fraction of sp³-hybridized carbons (Fsp3) is 0. The van der Waals surface area contributed by atoms with E-state index in [1.165, 1.54) is 0 Å². The molecular weight excluding hydrogens is 216 g/mol. The van der Waals surface area contributed by atoms with E-state index in [0.717, 1.165) is 8.43 Å². The van der Waals surface area contributed by atoms with Crippen molar-refractivity contribution in [1.29, 1.82) is 0 Å². The summed E-state index contributed by atoms with van der Waals surface area (Å²) in [5.74, 6) is 0. The minimum absolute atomic E-state index is 0. The SMILES string of the molecule is [Cl-].[Mg+][c]1ncc(Br)cn1. The van der Waals surface area contributed by atoms with Gasteiger partial charge in [-0.25, -0.2) is 0 Å². The molecule has 0 radical (unpaired) electrons. The Kier molecular flexibility index (Phi) is 4.74. The van der Waals surface area contributed by atoms with Gasteiger partial charge in [-0.3, -0.25) is 0 Å². The first-order valence-electron chi connectivity index (χ1n) is 2.08. The Labute approximate surface area is 80.4 Å². The quantitative estimate of drug-likeness (QED) is 0.434. The van der Waals surface area contributed by atoms with Gasteiger partial charge in [-0.05, 0) is 0 Å². The van der Waals surface area contributed by atoms with Crippen LogP contribution in [-0.4, -0.2) is 31.7 Å². The maximum absolute atomic E-state index is 3.93. The van der Waals surface area contributed by atoms with Gasteiger partial charge in [0.1, 0.15) is 0 Å². The molecule has 0 aliphatic carbocycles. The standard InChI is InChI=1S/C4H2BrN2.ClH.Mg/c5-4-1-6-3-7-2-4;;/h1-2H;1H;/q;;+1/p-1. The van der Waals surface area contributed by atoms with Gasteiger partial charge in [0.2, 0.25) is 0 Å². The van der Waals surface area contributed by atoms with Crippen LogP contribution < -0.4 is 16.4 Å². The molecule has 0 saturated heterocycles. The van der Waals surface area contributed by atoms with Crippen LogP contribution in [0.25, 0.3) is 0 Å². The molecule has 1 aromatic heterocycles. The molecule has 5 heteroatoms. The molecule has 0 bridgehead atoms. The molecule has 0 fully saturated rings. The molecule has 0 saturated carbocycles. The van der Waals surface area contributed by atoms with Crippen molar-refractivity contribution >= 4 is 41.6 Å². The van der Waals surface area contributed by atoms with E-state index in [9.17, 15) is 0 Å². The monoisotopic (exact) mass is 216 g/mol. The second kappa shape index (κ2) is 4.43. The van der Waals surface area contributed by atoms with Crippen LogP contribution in [0.1, 0.15) is 0 Å². The summed E-state index contributed by atoms with van der Waals surface area (Å²) in [6, 6.07) is 0. The summed E-state index contributed by atoms with van der Waals surface area (Å²) >= 11 is 4.89. The first kappa shape index (κ1) is 9.62. The third-order valence-electron chi connectivity index (χ3n) is 0.674. The van der Waals surface area contributed by atoms with Crippen molar-refractivity contribution in [3.05, 3.63) is 16.9 Å². The molecule has 1 aromatic rings. The molecular formula is C4H2BrClMgN2. The molecule has 1 heterocycles. The van der Waals surface area contributed by atoms with Gasteiger partial charge in [-0.2, -0.15) is 0 Å². The molecule has 9 heavy (non-hydrogen) atoms. The van der Waals surface area contributed by atoms with Crippen LogP contribution in [-0.2, 0) is 0 Å². The summed E-state index contributed by atoms with van der Waals surface area (Å²) in [5.41, 5.74) is 0. The first-order valence-corrected chi connectivity index (χ1v) is 3.58. The zero-order chi connectivity index (χ0) is 5.98. The topological polar surface area (TPSA) is 25.8 Å². The van der Waals surface area contributed by atoms with Crippen LogP contribution in [0, 0.1) is 0 Å². The maximum atomic E-state index is 3.93. The number of rotatable bonds is 0. The van der Waals surface area contributed by atoms with Crippen LogP contribution in [0.15, 0.2) is 16.9 Å². The van der Waals surface area contributed by atoms with Crippen molar-refractivity contribution in [2.45, 2.75) is 0 Å². The Balaban J connectivity index is 0.000000640. The van der Waals surface area contributed by atoms with Crippen molar-refractivity contribution in [1.82, 2.24) is 9.97 Å². The number of aromatic nitrogens is 2. The van der Waals surface area contributed by atoms with Crippen molar-refractivity contribution in [3.8, 4) is 0 Å².